The number of pyridine rings is 1. The number of benzene rings is 1. The number of nitrogens with zero attached hydrogens (tertiary/aromatic N) is 2. The van der Waals surface area contributed by atoms with Gasteiger partial charge in [-0.25, -0.2) is 0 Å². The van der Waals surface area contributed by atoms with E-state index in [1.54, 1.807) is 6.20 Å². The van der Waals surface area contributed by atoms with Crippen LogP contribution in [0.2, 0.25) is 5.02 Å². The monoisotopic (exact) mass is 457 g/mol. The molecule has 8 heteroatoms. The first kappa shape index (κ1) is 20.7. The van der Waals surface area contributed by atoms with Gasteiger partial charge in [-0.15, -0.1) is 11.3 Å². The fourth-order valence-electron chi connectivity index (χ4n) is 4.29. The predicted molar refractivity (Wildman–Crippen MR) is 123 cm³/mol. The second kappa shape index (κ2) is 8.39. The lowest BCUT2D eigenvalue weighted by molar-refractivity contribution is -0.138. The first-order chi connectivity index (χ1) is 15.0. The van der Waals surface area contributed by atoms with E-state index in [2.05, 4.69) is 10.3 Å². The lowest BCUT2D eigenvalue weighted by Gasteiger charge is -2.29. The number of halogens is 1. The minimum Gasteiger partial charge on any atom is -0.479 e. The van der Waals surface area contributed by atoms with Gasteiger partial charge in [0.1, 0.15) is 5.75 Å². The topological polar surface area (TPSA) is 74.7 Å². The molecule has 162 valence electrons. The van der Waals surface area contributed by atoms with Crippen molar-refractivity contribution in [3.63, 3.8) is 0 Å². The molecule has 3 aromatic rings. The molecule has 2 aliphatic rings. The quantitative estimate of drug-likeness (QED) is 0.623. The third-order valence-electron chi connectivity index (χ3n) is 5.94. The Bertz CT molecular complexity index is 1140. The van der Waals surface area contributed by atoms with Gasteiger partial charge in [0.05, 0.1) is 16.3 Å². The van der Waals surface area contributed by atoms with Gasteiger partial charge in [-0.2, -0.15) is 0 Å². The van der Waals surface area contributed by atoms with Crippen LogP contribution in [0, 0.1) is 0 Å². The highest BCUT2D eigenvalue weighted by Crippen LogP contribution is 2.45. The lowest BCUT2D eigenvalue weighted by Crippen LogP contribution is -2.50. The molecule has 0 bridgehead atoms. The van der Waals surface area contributed by atoms with Gasteiger partial charge in [-0.05, 0) is 30.7 Å². The Morgan fingerprint density at radius 1 is 1.35 bits per heavy atom. The Hall–Kier alpha value is -2.19. The number of aliphatic hydroxyl groups excluding tert-OH is 1. The van der Waals surface area contributed by atoms with Crippen LogP contribution in [0.15, 0.2) is 30.5 Å². The molecule has 4 heterocycles. The van der Waals surface area contributed by atoms with Crippen molar-refractivity contribution in [3.05, 3.63) is 45.9 Å². The highest BCUT2D eigenvalue weighted by Gasteiger charge is 2.35. The molecule has 1 saturated heterocycles. The summed E-state index contributed by atoms with van der Waals surface area (Å²) in [6.45, 7) is 4.97. The Labute approximate surface area is 189 Å². The maximum Gasteiger partial charge on any atom is 0.264 e. The van der Waals surface area contributed by atoms with Gasteiger partial charge in [0.15, 0.2) is 6.10 Å². The molecular weight excluding hydrogens is 434 g/mol. The van der Waals surface area contributed by atoms with Crippen LogP contribution in [0.3, 0.4) is 0 Å². The summed E-state index contributed by atoms with van der Waals surface area (Å²) in [5, 5.41) is 14.2. The summed E-state index contributed by atoms with van der Waals surface area (Å²) < 4.78 is 7.23. The summed E-state index contributed by atoms with van der Waals surface area (Å²) >= 11 is 8.01. The SMILES string of the molecule is CC[C@@H](O)c1cc2nccc(-c3cc(Cl)cc4c3O[C@@H](C(=O)N3CCNCC3)C4)c2s1. The van der Waals surface area contributed by atoms with Crippen molar-refractivity contribution in [3.8, 4) is 16.9 Å². The lowest BCUT2D eigenvalue weighted by atomic mass is 10.0. The van der Waals surface area contributed by atoms with E-state index in [0.29, 0.717) is 31.0 Å². The third-order valence-corrected chi connectivity index (χ3v) is 7.41. The summed E-state index contributed by atoms with van der Waals surface area (Å²) in [7, 11) is 0. The Morgan fingerprint density at radius 2 is 2.16 bits per heavy atom. The zero-order valence-corrected chi connectivity index (χ0v) is 18.8. The van der Waals surface area contributed by atoms with Crippen LogP contribution in [0.5, 0.6) is 5.75 Å². The number of nitrogens with one attached hydrogen (secondary N) is 1. The third kappa shape index (κ3) is 3.80. The number of ether oxygens (including phenoxy) is 1. The molecule has 31 heavy (non-hydrogen) atoms. The minimum atomic E-state index is -0.525. The smallest absolute Gasteiger partial charge is 0.264 e. The van der Waals surface area contributed by atoms with Crippen molar-refractivity contribution in [2.24, 2.45) is 0 Å². The van der Waals surface area contributed by atoms with Crippen molar-refractivity contribution in [1.29, 1.82) is 0 Å². The molecule has 0 spiro atoms. The molecule has 0 saturated carbocycles. The number of hydrogen-bond donors (Lipinski definition) is 2. The number of carbonyl (C=O) groups excluding carboxylic acids is 1. The number of rotatable bonds is 4. The number of aromatic nitrogens is 1. The van der Waals surface area contributed by atoms with E-state index in [1.807, 2.05) is 36.1 Å². The molecule has 1 fully saturated rings. The van der Waals surface area contributed by atoms with Crippen molar-refractivity contribution < 1.29 is 14.6 Å². The molecular formula is C23H24ClN3O3S. The van der Waals surface area contributed by atoms with Crippen LogP contribution in [-0.2, 0) is 11.2 Å². The average molecular weight is 458 g/mol. The number of carbonyl (C=O) groups is 1. The van der Waals surface area contributed by atoms with Crippen LogP contribution in [0.4, 0.5) is 0 Å². The van der Waals surface area contributed by atoms with E-state index in [0.717, 1.165) is 50.6 Å². The van der Waals surface area contributed by atoms with Gasteiger partial charge < -0.3 is 20.1 Å². The van der Waals surface area contributed by atoms with E-state index >= 15 is 0 Å². The van der Waals surface area contributed by atoms with Gasteiger partial charge in [0, 0.05) is 65.4 Å². The van der Waals surface area contributed by atoms with Crippen LogP contribution in [0.1, 0.15) is 29.9 Å². The molecule has 2 aromatic heterocycles. The number of amides is 1. The van der Waals surface area contributed by atoms with Crippen LogP contribution in [0.25, 0.3) is 21.3 Å². The molecule has 1 aromatic carbocycles. The van der Waals surface area contributed by atoms with E-state index in [9.17, 15) is 9.90 Å². The summed E-state index contributed by atoms with van der Waals surface area (Å²) in [6.07, 6.45) is 1.90. The van der Waals surface area contributed by atoms with Crippen molar-refractivity contribution in [1.82, 2.24) is 15.2 Å². The van der Waals surface area contributed by atoms with Crippen LogP contribution >= 0.6 is 22.9 Å². The first-order valence-corrected chi connectivity index (χ1v) is 11.8. The molecule has 5 rings (SSSR count). The molecule has 2 N–H and O–H groups in total. The fraction of sp³-hybridized carbons (Fsp3) is 0.391. The Morgan fingerprint density at radius 3 is 2.94 bits per heavy atom. The molecule has 2 atom stereocenters. The zero-order chi connectivity index (χ0) is 21.5. The van der Waals surface area contributed by atoms with Gasteiger partial charge in [-0.1, -0.05) is 18.5 Å². The van der Waals surface area contributed by atoms with Crippen LogP contribution in [-0.4, -0.2) is 53.2 Å². The van der Waals surface area contributed by atoms with Gasteiger partial charge in [-0.3, -0.25) is 9.78 Å². The summed E-state index contributed by atoms with van der Waals surface area (Å²) in [5.74, 6) is 0.750. The second-order valence-corrected chi connectivity index (χ2v) is 9.49. The van der Waals surface area contributed by atoms with Crippen molar-refractivity contribution in [2.75, 3.05) is 26.2 Å². The first-order valence-electron chi connectivity index (χ1n) is 10.6. The van der Waals surface area contributed by atoms with Crippen molar-refractivity contribution >= 4 is 39.1 Å². The maximum absolute atomic E-state index is 13.0. The van der Waals surface area contributed by atoms with Gasteiger partial charge in [0.25, 0.3) is 5.91 Å². The highest BCUT2D eigenvalue weighted by atomic mass is 35.5. The molecule has 0 radical (unpaired) electrons. The minimum absolute atomic E-state index is 0.0316. The largest absolute Gasteiger partial charge is 0.479 e. The number of thiophene rings is 1. The zero-order valence-electron chi connectivity index (χ0n) is 17.2. The van der Waals surface area contributed by atoms with Crippen LogP contribution < -0.4 is 10.1 Å². The summed E-state index contributed by atoms with van der Waals surface area (Å²) in [5.41, 5.74) is 3.61. The molecule has 6 nitrogen and oxygen atoms in total. The average Bonchev–Trinajstić information content (AvgIpc) is 3.42. The Kier molecular flexibility index (Phi) is 5.60. The molecule has 0 aliphatic carbocycles. The number of piperazine rings is 1. The van der Waals surface area contributed by atoms with E-state index in [1.165, 1.54) is 11.3 Å². The van der Waals surface area contributed by atoms with E-state index in [-0.39, 0.29) is 5.91 Å². The summed E-state index contributed by atoms with van der Waals surface area (Å²) in [6, 6.07) is 7.68. The van der Waals surface area contributed by atoms with E-state index < -0.39 is 12.2 Å². The predicted octanol–water partition coefficient (Wildman–Crippen LogP) is 3.80. The fourth-order valence-corrected chi connectivity index (χ4v) is 5.74. The Balaban J connectivity index is 1.53. The van der Waals surface area contributed by atoms with E-state index in [4.69, 9.17) is 16.3 Å². The number of hydrogen-bond acceptors (Lipinski definition) is 6. The maximum atomic E-state index is 13.0. The number of fused-ring (bicyclic) bond motifs is 2. The summed E-state index contributed by atoms with van der Waals surface area (Å²) in [4.78, 5) is 20.3. The molecule has 0 unspecified atom stereocenters. The number of aliphatic hydroxyl groups is 1. The van der Waals surface area contributed by atoms with Gasteiger partial charge >= 0.3 is 0 Å². The second-order valence-electron chi connectivity index (χ2n) is 7.97. The standard InChI is InChI=1S/C23H24ClN3O3S/c1-2-18(28)20-12-17-22(31-20)15(3-4-26-17)16-11-14(24)9-13-10-19(30-21(13)16)23(29)27-7-5-25-6-8-27/h3-4,9,11-12,18-19,25,28H,2,5-8,10H2,1H3/t18-,19-/m1/s1. The molecule has 1 amide bonds. The van der Waals surface area contributed by atoms with Gasteiger partial charge in [0.2, 0.25) is 0 Å². The van der Waals surface area contributed by atoms with Crippen molar-refractivity contribution in [2.45, 2.75) is 32.0 Å². The molecule has 2 aliphatic heterocycles. The highest BCUT2D eigenvalue weighted by molar-refractivity contribution is 7.19. The normalized spacial score (nSPS) is 19.3.